The standard InChI is InChI=1S/C17H25N3O/c1-2-16-15-11-18-10-13(15)12-20(16)9-8-17(21)19-14-6-4-3-5-7-14/h3-7,13,15-16,18H,2,8-12H2,1H3,(H,19,21). The Labute approximate surface area is 126 Å². The van der Waals surface area contributed by atoms with Crippen molar-refractivity contribution in [1.82, 2.24) is 10.2 Å². The highest BCUT2D eigenvalue weighted by Crippen LogP contribution is 2.34. The fourth-order valence-electron chi connectivity index (χ4n) is 3.92. The molecule has 4 nitrogen and oxygen atoms in total. The summed E-state index contributed by atoms with van der Waals surface area (Å²) in [6.07, 6.45) is 1.77. The molecular formula is C17H25N3O. The van der Waals surface area contributed by atoms with Gasteiger partial charge in [0.2, 0.25) is 5.91 Å². The molecule has 114 valence electrons. The summed E-state index contributed by atoms with van der Waals surface area (Å²) in [7, 11) is 0. The Hall–Kier alpha value is -1.39. The van der Waals surface area contributed by atoms with E-state index in [2.05, 4.69) is 22.5 Å². The van der Waals surface area contributed by atoms with Gasteiger partial charge in [-0.05, 0) is 43.5 Å². The zero-order valence-corrected chi connectivity index (χ0v) is 12.7. The van der Waals surface area contributed by atoms with Gasteiger partial charge in [0.05, 0.1) is 0 Å². The van der Waals surface area contributed by atoms with Crippen molar-refractivity contribution in [2.75, 3.05) is 31.5 Å². The van der Waals surface area contributed by atoms with E-state index in [-0.39, 0.29) is 5.91 Å². The van der Waals surface area contributed by atoms with Gasteiger partial charge in [-0.2, -0.15) is 0 Å². The van der Waals surface area contributed by atoms with Crippen molar-refractivity contribution in [1.29, 1.82) is 0 Å². The highest BCUT2D eigenvalue weighted by atomic mass is 16.1. The average Bonchev–Trinajstić information content (AvgIpc) is 3.06. The molecule has 3 rings (SSSR count). The predicted molar refractivity (Wildman–Crippen MR) is 85.2 cm³/mol. The third-order valence-corrected chi connectivity index (χ3v) is 4.93. The number of carbonyl (C=O) groups excluding carboxylic acids is 1. The number of nitrogens with zero attached hydrogens (tertiary/aromatic N) is 1. The van der Waals surface area contributed by atoms with Crippen LogP contribution in [0.5, 0.6) is 0 Å². The van der Waals surface area contributed by atoms with Crippen LogP contribution in [0.4, 0.5) is 5.69 Å². The first-order valence-electron chi connectivity index (χ1n) is 8.07. The zero-order chi connectivity index (χ0) is 14.7. The minimum atomic E-state index is 0.117. The van der Waals surface area contributed by atoms with Gasteiger partial charge in [0.1, 0.15) is 0 Å². The van der Waals surface area contributed by atoms with Crippen LogP contribution in [-0.4, -0.2) is 43.0 Å². The molecule has 1 aromatic rings. The van der Waals surface area contributed by atoms with Crippen LogP contribution in [0.25, 0.3) is 0 Å². The molecule has 1 amide bonds. The number of anilines is 1. The van der Waals surface area contributed by atoms with E-state index in [1.165, 1.54) is 6.42 Å². The van der Waals surface area contributed by atoms with Crippen molar-refractivity contribution in [3.05, 3.63) is 30.3 Å². The molecule has 4 heteroatoms. The molecule has 0 bridgehead atoms. The number of benzene rings is 1. The molecule has 3 atom stereocenters. The van der Waals surface area contributed by atoms with Crippen molar-refractivity contribution < 1.29 is 4.79 Å². The molecule has 0 spiro atoms. The lowest BCUT2D eigenvalue weighted by atomic mass is 9.93. The van der Waals surface area contributed by atoms with Crippen LogP contribution in [0, 0.1) is 11.8 Å². The van der Waals surface area contributed by atoms with Crippen molar-refractivity contribution in [3.8, 4) is 0 Å². The van der Waals surface area contributed by atoms with Crippen molar-refractivity contribution in [3.63, 3.8) is 0 Å². The molecule has 2 fully saturated rings. The Kier molecular flexibility index (Phi) is 4.56. The second-order valence-electron chi connectivity index (χ2n) is 6.22. The highest BCUT2D eigenvalue weighted by molar-refractivity contribution is 5.90. The molecule has 3 unspecified atom stereocenters. The maximum Gasteiger partial charge on any atom is 0.225 e. The second-order valence-corrected chi connectivity index (χ2v) is 6.22. The minimum absolute atomic E-state index is 0.117. The molecule has 2 aliphatic rings. The third-order valence-electron chi connectivity index (χ3n) is 4.93. The molecule has 0 aromatic heterocycles. The van der Waals surface area contributed by atoms with Crippen LogP contribution in [0.2, 0.25) is 0 Å². The van der Waals surface area contributed by atoms with Crippen LogP contribution < -0.4 is 10.6 Å². The highest BCUT2D eigenvalue weighted by Gasteiger charge is 2.42. The van der Waals surface area contributed by atoms with Gasteiger partial charge in [0, 0.05) is 31.2 Å². The van der Waals surface area contributed by atoms with Gasteiger partial charge >= 0.3 is 0 Å². The maximum absolute atomic E-state index is 12.1. The monoisotopic (exact) mass is 287 g/mol. The van der Waals surface area contributed by atoms with E-state index in [1.54, 1.807) is 0 Å². The van der Waals surface area contributed by atoms with E-state index in [4.69, 9.17) is 0 Å². The van der Waals surface area contributed by atoms with Gasteiger partial charge in [-0.1, -0.05) is 25.1 Å². The Morgan fingerprint density at radius 2 is 2.14 bits per heavy atom. The van der Waals surface area contributed by atoms with Crippen LogP contribution in [0.1, 0.15) is 19.8 Å². The summed E-state index contributed by atoms with van der Waals surface area (Å²) >= 11 is 0. The molecule has 2 N–H and O–H groups in total. The molecular weight excluding hydrogens is 262 g/mol. The number of amides is 1. The first-order valence-corrected chi connectivity index (χ1v) is 8.07. The van der Waals surface area contributed by atoms with Gasteiger partial charge in [-0.25, -0.2) is 0 Å². The molecule has 2 heterocycles. The lowest BCUT2D eigenvalue weighted by molar-refractivity contribution is -0.116. The first-order chi connectivity index (χ1) is 10.3. The quantitative estimate of drug-likeness (QED) is 0.870. The number of likely N-dealkylation sites (tertiary alicyclic amines) is 1. The molecule has 0 saturated carbocycles. The average molecular weight is 287 g/mol. The lowest BCUT2D eigenvalue weighted by Gasteiger charge is -2.26. The van der Waals surface area contributed by atoms with Gasteiger partial charge < -0.3 is 10.6 Å². The van der Waals surface area contributed by atoms with Gasteiger partial charge in [-0.15, -0.1) is 0 Å². The molecule has 21 heavy (non-hydrogen) atoms. The van der Waals surface area contributed by atoms with Gasteiger partial charge in [0.15, 0.2) is 0 Å². The van der Waals surface area contributed by atoms with Crippen LogP contribution in [0.3, 0.4) is 0 Å². The van der Waals surface area contributed by atoms with Gasteiger partial charge in [-0.3, -0.25) is 9.69 Å². The number of para-hydroxylation sites is 1. The summed E-state index contributed by atoms with van der Waals surface area (Å²) in [5, 5.41) is 6.47. The molecule has 2 saturated heterocycles. The van der Waals surface area contributed by atoms with E-state index in [9.17, 15) is 4.79 Å². The number of carbonyl (C=O) groups is 1. The Bertz CT molecular complexity index is 476. The molecule has 1 aromatic carbocycles. The van der Waals surface area contributed by atoms with Crippen molar-refractivity contribution in [2.45, 2.75) is 25.8 Å². The van der Waals surface area contributed by atoms with E-state index < -0.39 is 0 Å². The second kappa shape index (κ2) is 6.58. The Morgan fingerprint density at radius 1 is 1.33 bits per heavy atom. The lowest BCUT2D eigenvalue weighted by Crippen LogP contribution is -2.37. The Morgan fingerprint density at radius 3 is 2.90 bits per heavy atom. The Balaban J connectivity index is 1.49. The fourth-order valence-corrected chi connectivity index (χ4v) is 3.92. The molecule has 2 aliphatic heterocycles. The third kappa shape index (κ3) is 3.27. The maximum atomic E-state index is 12.1. The minimum Gasteiger partial charge on any atom is -0.326 e. The zero-order valence-electron chi connectivity index (χ0n) is 12.7. The van der Waals surface area contributed by atoms with Crippen molar-refractivity contribution in [2.24, 2.45) is 11.8 Å². The number of nitrogens with one attached hydrogen (secondary N) is 2. The van der Waals surface area contributed by atoms with Crippen LogP contribution >= 0.6 is 0 Å². The number of hydrogen-bond donors (Lipinski definition) is 2. The number of fused-ring (bicyclic) bond motifs is 1. The topological polar surface area (TPSA) is 44.4 Å². The first kappa shape index (κ1) is 14.5. The van der Waals surface area contributed by atoms with E-state index >= 15 is 0 Å². The fraction of sp³-hybridized carbons (Fsp3) is 0.588. The summed E-state index contributed by atoms with van der Waals surface area (Å²) in [6.45, 7) is 6.59. The summed E-state index contributed by atoms with van der Waals surface area (Å²) in [4.78, 5) is 14.6. The summed E-state index contributed by atoms with van der Waals surface area (Å²) < 4.78 is 0. The smallest absolute Gasteiger partial charge is 0.225 e. The van der Waals surface area contributed by atoms with Crippen molar-refractivity contribution >= 4 is 11.6 Å². The van der Waals surface area contributed by atoms with E-state index in [0.29, 0.717) is 12.5 Å². The summed E-state index contributed by atoms with van der Waals surface area (Å²) in [5.41, 5.74) is 0.886. The van der Waals surface area contributed by atoms with Gasteiger partial charge in [0.25, 0.3) is 0 Å². The number of rotatable bonds is 5. The summed E-state index contributed by atoms with van der Waals surface area (Å²) in [6, 6.07) is 10.3. The summed E-state index contributed by atoms with van der Waals surface area (Å²) in [5.74, 6) is 1.69. The molecule has 0 radical (unpaired) electrons. The largest absolute Gasteiger partial charge is 0.326 e. The van der Waals surface area contributed by atoms with Crippen LogP contribution in [-0.2, 0) is 4.79 Å². The SMILES string of the molecule is CCC1C2CNCC2CN1CCC(=O)Nc1ccccc1. The normalized spacial score (nSPS) is 28.5. The molecule has 0 aliphatic carbocycles. The van der Waals surface area contributed by atoms with E-state index in [1.807, 2.05) is 30.3 Å². The predicted octanol–water partition coefficient (Wildman–Crippen LogP) is 1.94. The number of hydrogen-bond acceptors (Lipinski definition) is 3. The van der Waals surface area contributed by atoms with Crippen LogP contribution in [0.15, 0.2) is 30.3 Å². The van der Waals surface area contributed by atoms with E-state index in [0.717, 1.165) is 43.7 Å².